The molecule has 0 radical (unpaired) electrons. The third-order valence-corrected chi connectivity index (χ3v) is 2.93. The van der Waals surface area contributed by atoms with Crippen molar-refractivity contribution in [2.45, 2.75) is 13.3 Å². The highest BCUT2D eigenvalue weighted by molar-refractivity contribution is 5.89. The Kier molecular flexibility index (Phi) is 4.52. The second kappa shape index (κ2) is 6.53. The Balaban J connectivity index is 2.11. The summed E-state index contributed by atoms with van der Waals surface area (Å²) in [5.41, 5.74) is 3.38. The topological polar surface area (TPSA) is 50.1 Å². The van der Waals surface area contributed by atoms with Gasteiger partial charge in [-0.25, -0.2) is 4.79 Å². The summed E-state index contributed by atoms with van der Waals surface area (Å²) in [6.45, 7) is 2.16. The summed E-state index contributed by atoms with van der Waals surface area (Å²) in [6, 6.07) is 17.0. The van der Waals surface area contributed by atoms with Crippen LogP contribution < -0.4 is 0 Å². The Morgan fingerprint density at radius 3 is 2.55 bits per heavy atom. The summed E-state index contributed by atoms with van der Waals surface area (Å²) in [5.74, 6) is -0.300. The molecule has 0 fully saturated rings. The van der Waals surface area contributed by atoms with Crippen molar-refractivity contribution >= 4 is 5.97 Å². The summed E-state index contributed by atoms with van der Waals surface area (Å²) in [7, 11) is 0. The lowest BCUT2D eigenvalue weighted by Gasteiger charge is -2.05. The molecule has 2 aromatic carbocycles. The summed E-state index contributed by atoms with van der Waals surface area (Å²) < 4.78 is 4.94. The van der Waals surface area contributed by atoms with E-state index in [9.17, 15) is 4.79 Å². The van der Waals surface area contributed by atoms with E-state index >= 15 is 0 Å². The van der Waals surface area contributed by atoms with Crippen LogP contribution in [0.2, 0.25) is 0 Å². The van der Waals surface area contributed by atoms with Gasteiger partial charge in [0, 0.05) is 0 Å². The van der Waals surface area contributed by atoms with Crippen LogP contribution in [0.3, 0.4) is 0 Å². The molecule has 2 aromatic rings. The van der Waals surface area contributed by atoms with Crippen LogP contribution in [0, 0.1) is 11.3 Å². The number of carbonyl (C=O) groups is 1. The lowest BCUT2D eigenvalue weighted by Crippen LogP contribution is -2.04. The molecule has 0 saturated carbocycles. The van der Waals surface area contributed by atoms with Gasteiger partial charge < -0.3 is 4.74 Å². The van der Waals surface area contributed by atoms with Crippen molar-refractivity contribution in [3.05, 3.63) is 70.8 Å². The van der Waals surface area contributed by atoms with Crippen LogP contribution in [-0.2, 0) is 11.2 Å². The number of benzene rings is 2. The second-order valence-electron chi connectivity index (χ2n) is 4.41. The fourth-order valence-electron chi connectivity index (χ4n) is 1.96. The van der Waals surface area contributed by atoms with Crippen molar-refractivity contribution in [3.63, 3.8) is 0 Å². The van der Waals surface area contributed by atoms with E-state index in [2.05, 4.69) is 6.07 Å². The van der Waals surface area contributed by atoms with Gasteiger partial charge in [0.2, 0.25) is 0 Å². The number of carbonyl (C=O) groups excluding carboxylic acids is 1. The van der Waals surface area contributed by atoms with Gasteiger partial charge in [0.1, 0.15) is 0 Å². The third-order valence-electron chi connectivity index (χ3n) is 2.93. The average Bonchev–Trinajstić information content (AvgIpc) is 2.48. The van der Waals surface area contributed by atoms with Gasteiger partial charge in [0.25, 0.3) is 0 Å². The fourth-order valence-corrected chi connectivity index (χ4v) is 1.96. The predicted octanol–water partition coefficient (Wildman–Crippen LogP) is 3.33. The summed E-state index contributed by atoms with van der Waals surface area (Å²) in [6.07, 6.45) is 0.735. The minimum atomic E-state index is -0.300. The molecule has 0 saturated heterocycles. The standard InChI is InChI=1S/C17H15NO2/c1-2-20-17(19)16-8-6-13(7-9-16)10-14-4-3-5-15(11-14)12-18/h3-9,11H,2,10H2,1H3. The van der Waals surface area contributed by atoms with E-state index in [1.54, 1.807) is 25.1 Å². The first kappa shape index (κ1) is 13.8. The van der Waals surface area contributed by atoms with Gasteiger partial charge in [0.05, 0.1) is 23.8 Å². The quantitative estimate of drug-likeness (QED) is 0.797. The smallest absolute Gasteiger partial charge is 0.338 e. The Hall–Kier alpha value is -2.60. The normalized spacial score (nSPS) is 9.80. The second-order valence-corrected chi connectivity index (χ2v) is 4.41. The van der Waals surface area contributed by atoms with Crippen molar-refractivity contribution in [2.75, 3.05) is 6.61 Å². The van der Waals surface area contributed by atoms with Crippen molar-refractivity contribution < 1.29 is 9.53 Å². The highest BCUT2D eigenvalue weighted by atomic mass is 16.5. The van der Waals surface area contributed by atoms with E-state index in [0.29, 0.717) is 17.7 Å². The minimum Gasteiger partial charge on any atom is -0.462 e. The van der Waals surface area contributed by atoms with Gasteiger partial charge in [-0.2, -0.15) is 5.26 Å². The van der Waals surface area contributed by atoms with Gasteiger partial charge >= 0.3 is 5.97 Å². The van der Waals surface area contributed by atoms with Gasteiger partial charge in [-0.15, -0.1) is 0 Å². The molecule has 0 aliphatic heterocycles. The fraction of sp³-hybridized carbons (Fsp3) is 0.176. The maximum atomic E-state index is 11.5. The van der Waals surface area contributed by atoms with Gasteiger partial charge in [-0.1, -0.05) is 24.3 Å². The summed E-state index contributed by atoms with van der Waals surface area (Å²) in [4.78, 5) is 11.5. The molecule has 0 aromatic heterocycles. The minimum absolute atomic E-state index is 0.300. The molecule has 0 N–H and O–H groups in total. The van der Waals surface area contributed by atoms with E-state index in [-0.39, 0.29) is 5.97 Å². The molecule has 0 amide bonds. The number of esters is 1. The van der Waals surface area contributed by atoms with Crippen LogP contribution in [0.25, 0.3) is 0 Å². The van der Waals surface area contributed by atoms with Crippen LogP contribution in [0.4, 0.5) is 0 Å². The molecule has 2 rings (SSSR count). The number of nitriles is 1. The Labute approximate surface area is 118 Å². The molecule has 0 atom stereocenters. The lowest BCUT2D eigenvalue weighted by atomic mass is 10.0. The first-order valence-corrected chi connectivity index (χ1v) is 6.48. The van der Waals surface area contributed by atoms with E-state index in [4.69, 9.17) is 10.00 Å². The SMILES string of the molecule is CCOC(=O)c1ccc(Cc2cccc(C#N)c2)cc1. The number of hydrogen-bond acceptors (Lipinski definition) is 3. The molecule has 20 heavy (non-hydrogen) atoms. The maximum absolute atomic E-state index is 11.5. The van der Waals surface area contributed by atoms with E-state index in [0.717, 1.165) is 17.5 Å². The van der Waals surface area contributed by atoms with Gasteiger partial charge in [-0.3, -0.25) is 0 Å². The first-order valence-electron chi connectivity index (χ1n) is 6.48. The van der Waals surface area contributed by atoms with Gasteiger partial charge in [0.15, 0.2) is 0 Å². The molecular weight excluding hydrogens is 250 g/mol. The lowest BCUT2D eigenvalue weighted by molar-refractivity contribution is 0.0526. The Morgan fingerprint density at radius 1 is 1.15 bits per heavy atom. The molecule has 0 aliphatic carbocycles. The van der Waals surface area contributed by atoms with Crippen LogP contribution in [0.1, 0.15) is 34.0 Å². The third kappa shape index (κ3) is 3.46. The van der Waals surface area contributed by atoms with Crippen LogP contribution in [-0.4, -0.2) is 12.6 Å². The largest absolute Gasteiger partial charge is 0.462 e. The molecule has 0 bridgehead atoms. The van der Waals surface area contributed by atoms with Crippen LogP contribution in [0.5, 0.6) is 0 Å². The number of hydrogen-bond donors (Lipinski definition) is 0. The van der Waals surface area contributed by atoms with E-state index in [1.165, 1.54) is 0 Å². The predicted molar refractivity (Wildman–Crippen MR) is 76.4 cm³/mol. The van der Waals surface area contributed by atoms with Crippen molar-refractivity contribution in [2.24, 2.45) is 0 Å². The number of rotatable bonds is 4. The van der Waals surface area contributed by atoms with Crippen LogP contribution in [0.15, 0.2) is 48.5 Å². The number of nitrogens with zero attached hydrogens (tertiary/aromatic N) is 1. The van der Waals surface area contributed by atoms with Crippen molar-refractivity contribution in [3.8, 4) is 6.07 Å². The zero-order valence-electron chi connectivity index (χ0n) is 11.3. The highest BCUT2D eigenvalue weighted by Gasteiger charge is 2.06. The van der Waals surface area contributed by atoms with E-state index in [1.807, 2.05) is 30.3 Å². The van der Waals surface area contributed by atoms with Crippen LogP contribution >= 0.6 is 0 Å². The zero-order valence-corrected chi connectivity index (χ0v) is 11.3. The average molecular weight is 265 g/mol. The van der Waals surface area contributed by atoms with Gasteiger partial charge in [-0.05, 0) is 48.7 Å². The first-order chi connectivity index (χ1) is 9.72. The molecule has 0 unspecified atom stereocenters. The number of ether oxygens (including phenoxy) is 1. The van der Waals surface area contributed by atoms with E-state index < -0.39 is 0 Å². The molecule has 0 spiro atoms. The summed E-state index contributed by atoms with van der Waals surface area (Å²) in [5, 5.41) is 8.87. The van der Waals surface area contributed by atoms with Crippen molar-refractivity contribution in [1.29, 1.82) is 5.26 Å². The zero-order chi connectivity index (χ0) is 14.4. The highest BCUT2D eigenvalue weighted by Crippen LogP contribution is 2.13. The molecule has 3 heteroatoms. The van der Waals surface area contributed by atoms with Crippen molar-refractivity contribution in [1.82, 2.24) is 0 Å². The Bertz CT molecular complexity index is 639. The Morgan fingerprint density at radius 2 is 1.90 bits per heavy atom. The molecular formula is C17H15NO2. The molecule has 100 valence electrons. The monoisotopic (exact) mass is 265 g/mol. The molecule has 3 nitrogen and oxygen atoms in total. The summed E-state index contributed by atoms with van der Waals surface area (Å²) >= 11 is 0. The maximum Gasteiger partial charge on any atom is 0.338 e. The molecule has 0 heterocycles. The molecule has 0 aliphatic rings.